The molecule has 0 heterocycles. The highest BCUT2D eigenvalue weighted by Gasteiger charge is 2.22. The number of quaternary nitrogens is 1. The zero-order valence-electron chi connectivity index (χ0n) is 36.1. The average Bonchev–Trinajstić information content (AvgIpc) is 3.13. The fraction of sp³-hybridized carbons (Fsp3) is 0.913. The Morgan fingerprint density at radius 3 is 1.28 bits per heavy atom. The third kappa shape index (κ3) is 41.7. The van der Waals surface area contributed by atoms with Gasteiger partial charge in [0.05, 0.1) is 34.4 Å². The first-order valence-electron chi connectivity index (χ1n) is 22.9. The number of rotatable bonds is 43. The van der Waals surface area contributed by atoms with E-state index in [4.69, 9.17) is 14.2 Å². The highest BCUT2D eigenvalue weighted by molar-refractivity contribution is 5.70. The summed E-state index contributed by atoms with van der Waals surface area (Å²) in [7, 11) is 5.93. The number of allylic oxidation sites excluding steroid dienone is 2. The van der Waals surface area contributed by atoms with Crippen molar-refractivity contribution in [3.8, 4) is 0 Å². The number of aliphatic hydroxyl groups is 1. The fourth-order valence-electron chi connectivity index (χ4n) is 6.65. The molecular formula is C46H90NO7+. The van der Waals surface area contributed by atoms with E-state index in [9.17, 15) is 19.8 Å². The minimum atomic E-state index is -1.46. The Kier molecular flexibility index (Phi) is 38.7. The monoisotopic (exact) mass is 769 g/mol. The van der Waals surface area contributed by atoms with Gasteiger partial charge in [-0.2, -0.15) is 0 Å². The highest BCUT2D eigenvalue weighted by atomic mass is 16.7. The van der Waals surface area contributed by atoms with Crippen LogP contribution in [0.25, 0.3) is 0 Å². The molecule has 8 heteroatoms. The molecule has 0 radical (unpaired) electrons. The van der Waals surface area contributed by atoms with Crippen LogP contribution < -0.4 is 0 Å². The van der Waals surface area contributed by atoms with Crippen molar-refractivity contribution in [3.05, 3.63) is 12.2 Å². The van der Waals surface area contributed by atoms with Crippen LogP contribution >= 0.6 is 0 Å². The summed E-state index contributed by atoms with van der Waals surface area (Å²) in [5, 5.41) is 19.3. The Morgan fingerprint density at radius 1 is 0.537 bits per heavy atom. The van der Waals surface area contributed by atoms with Crippen molar-refractivity contribution in [2.24, 2.45) is 0 Å². The van der Waals surface area contributed by atoms with E-state index in [0.717, 1.165) is 19.3 Å². The molecule has 0 aliphatic heterocycles. The van der Waals surface area contributed by atoms with Gasteiger partial charge in [0, 0.05) is 6.42 Å². The molecule has 0 aromatic heterocycles. The largest absolute Gasteiger partial charge is 0.477 e. The van der Waals surface area contributed by atoms with Crippen LogP contribution in [0.5, 0.6) is 0 Å². The molecule has 0 amide bonds. The molecule has 2 N–H and O–H groups in total. The van der Waals surface area contributed by atoms with Crippen molar-refractivity contribution in [3.63, 3.8) is 0 Å². The van der Waals surface area contributed by atoms with Gasteiger partial charge in [0.1, 0.15) is 19.3 Å². The first kappa shape index (κ1) is 52.5. The molecule has 0 rings (SSSR count). The molecule has 2 unspecified atom stereocenters. The molecule has 0 aliphatic carbocycles. The van der Waals surface area contributed by atoms with Crippen molar-refractivity contribution in [2.45, 2.75) is 225 Å². The molecule has 0 saturated heterocycles. The lowest BCUT2D eigenvalue weighted by molar-refractivity contribution is -0.870. The molecule has 320 valence electrons. The van der Waals surface area contributed by atoms with Gasteiger partial charge < -0.3 is 28.9 Å². The third-order valence-electron chi connectivity index (χ3n) is 10.3. The van der Waals surface area contributed by atoms with Crippen molar-refractivity contribution in [1.82, 2.24) is 0 Å². The number of ether oxygens (including phenoxy) is 3. The molecule has 0 saturated carbocycles. The van der Waals surface area contributed by atoms with E-state index in [0.29, 0.717) is 17.4 Å². The molecule has 0 aromatic rings. The van der Waals surface area contributed by atoms with Crippen LogP contribution in [0.2, 0.25) is 0 Å². The Balaban J connectivity index is 3.36. The number of esters is 1. The van der Waals surface area contributed by atoms with Gasteiger partial charge >= 0.3 is 11.9 Å². The van der Waals surface area contributed by atoms with Gasteiger partial charge in [0.25, 0.3) is 6.29 Å². The first-order valence-corrected chi connectivity index (χ1v) is 22.9. The van der Waals surface area contributed by atoms with Crippen molar-refractivity contribution < 1.29 is 38.5 Å². The van der Waals surface area contributed by atoms with E-state index in [1.807, 2.05) is 21.1 Å². The van der Waals surface area contributed by atoms with Gasteiger partial charge in [-0.05, 0) is 32.1 Å². The van der Waals surface area contributed by atoms with E-state index in [-0.39, 0.29) is 25.8 Å². The third-order valence-corrected chi connectivity index (χ3v) is 10.3. The predicted octanol–water partition coefficient (Wildman–Crippen LogP) is 12.1. The van der Waals surface area contributed by atoms with Crippen LogP contribution in [0.1, 0.15) is 212 Å². The van der Waals surface area contributed by atoms with Crippen LogP contribution in [0, 0.1) is 0 Å². The molecule has 0 bridgehead atoms. The maximum Gasteiger partial charge on any atom is 0.361 e. The SMILES string of the molecule is CCCCCCCCCC/C=C\CCCCCCCCCCCCCCCCCCCCCCCC(=O)OCC(O)COC(OCC[N+](C)(C)C)C(=O)O. The summed E-state index contributed by atoms with van der Waals surface area (Å²) >= 11 is 0. The zero-order chi connectivity index (χ0) is 39.8. The number of carbonyl (C=O) groups is 2. The second kappa shape index (κ2) is 39.7. The van der Waals surface area contributed by atoms with Crippen molar-refractivity contribution >= 4 is 11.9 Å². The lowest BCUT2D eigenvalue weighted by Gasteiger charge is -2.24. The molecule has 0 fully saturated rings. The summed E-state index contributed by atoms with van der Waals surface area (Å²) in [6, 6.07) is 0. The van der Waals surface area contributed by atoms with Crippen LogP contribution in [0.4, 0.5) is 0 Å². The van der Waals surface area contributed by atoms with E-state index in [1.165, 1.54) is 180 Å². The maximum absolute atomic E-state index is 12.0. The zero-order valence-corrected chi connectivity index (χ0v) is 36.1. The average molecular weight is 769 g/mol. The van der Waals surface area contributed by atoms with Gasteiger partial charge in [0.2, 0.25) is 0 Å². The summed E-state index contributed by atoms with van der Waals surface area (Å²) in [4.78, 5) is 23.3. The fourth-order valence-corrected chi connectivity index (χ4v) is 6.65. The number of carboxylic acids is 1. The molecule has 2 atom stereocenters. The van der Waals surface area contributed by atoms with Crippen LogP contribution in [-0.2, 0) is 23.8 Å². The van der Waals surface area contributed by atoms with Crippen LogP contribution in [0.3, 0.4) is 0 Å². The number of nitrogens with zero attached hydrogens (tertiary/aromatic N) is 1. The van der Waals surface area contributed by atoms with Gasteiger partial charge in [-0.1, -0.05) is 186 Å². The summed E-state index contributed by atoms with van der Waals surface area (Å²) in [6.45, 7) is 2.62. The quantitative estimate of drug-likeness (QED) is 0.0209. The summed E-state index contributed by atoms with van der Waals surface area (Å²) in [5.41, 5.74) is 0. The van der Waals surface area contributed by atoms with Gasteiger partial charge in [-0.3, -0.25) is 4.79 Å². The summed E-state index contributed by atoms with van der Waals surface area (Å²) in [6.07, 6.45) is 44.3. The normalized spacial score (nSPS) is 13.1. The van der Waals surface area contributed by atoms with E-state index < -0.39 is 18.4 Å². The Hall–Kier alpha value is -1.48. The number of aliphatic hydroxyl groups excluding tert-OH is 1. The van der Waals surface area contributed by atoms with Gasteiger partial charge in [-0.15, -0.1) is 0 Å². The van der Waals surface area contributed by atoms with Gasteiger partial charge in [-0.25, -0.2) is 4.79 Å². The van der Waals surface area contributed by atoms with E-state index >= 15 is 0 Å². The molecule has 0 aromatic carbocycles. The summed E-state index contributed by atoms with van der Waals surface area (Å²) < 4.78 is 16.2. The predicted molar refractivity (Wildman–Crippen MR) is 226 cm³/mol. The van der Waals surface area contributed by atoms with E-state index in [2.05, 4.69) is 19.1 Å². The van der Waals surface area contributed by atoms with Crippen LogP contribution in [0.15, 0.2) is 12.2 Å². The standard InChI is InChI=1S/C46H89NO7/c1-5-6-7-8-9-10-11-12-13-14-15-16-17-18-19-20-21-22-23-24-25-26-27-28-29-30-31-32-33-34-35-36-37-38-44(49)53-41-43(48)42-54-46(45(50)51)52-40-39-47(2,3)4/h14-15,43,46,48H,5-13,16-42H2,1-4H3/p+1/b15-14-. The molecule has 54 heavy (non-hydrogen) atoms. The second-order valence-corrected chi connectivity index (χ2v) is 16.9. The number of likely N-dealkylation sites (N-methyl/N-ethyl adjacent to an activating group) is 1. The van der Waals surface area contributed by atoms with Gasteiger partial charge in [0.15, 0.2) is 0 Å². The lowest BCUT2D eigenvalue weighted by Crippen LogP contribution is -2.40. The minimum absolute atomic E-state index is 0.213. The molecule has 8 nitrogen and oxygen atoms in total. The smallest absolute Gasteiger partial charge is 0.361 e. The highest BCUT2D eigenvalue weighted by Crippen LogP contribution is 2.16. The Morgan fingerprint density at radius 2 is 0.907 bits per heavy atom. The number of hydrogen-bond donors (Lipinski definition) is 2. The number of carboxylic acid groups (broad SMARTS) is 1. The number of carbonyl (C=O) groups excluding carboxylic acids is 1. The lowest BCUT2D eigenvalue weighted by atomic mass is 10.0. The molecule has 0 spiro atoms. The molecule has 0 aliphatic rings. The Bertz CT molecular complexity index is 843. The number of hydrogen-bond acceptors (Lipinski definition) is 6. The van der Waals surface area contributed by atoms with Crippen LogP contribution in [-0.4, -0.2) is 86.5 Å². The molecular weight excluding hydrogens is 679 g/mol. The number of unbranched alkanes of at least 4 members (excludes halogenated alkanes) is 29. The number of aliphatic carboxylic acids is 1. The van der Waals surface area contributed by atoms with E-state index in [1.54, 1.807) is 0 Å². The topological polar surface area (TPSA) is 102 Å². The van der Waals surface area contributed by atoms with Crippen molar-refractivity contribution in [2.75, 3.05) is 47.5 Å². The Labute approximate surface area is 334 Å². The second-order valence-electron chi connectivity index (χ2n) is 16.9. The first-order chi connectivity index (χ1) is 26.2. The minimum Gasteiger partial charge on any atom is -0.477 e. The van der Waals surface area contributed by atoms with Crippen molar-refractivity contribution in [1.29, 1.82) is 0 Å². The summed E-state index contributed by atoms with van der Waals surface area (Å²) in [5.74, 6) is -1.60. The maximum atomic E-state index is 12.0.